The first-order valence-electron chi connectivity index (χ1n) is 6.70. The minimum absolute atomic E-state index is 0.126. The molecule has 0 aliphatic rings. The molecule has 122 valence electrons. The van der Waals surface area contributed by atoms with Crippen LogP contribution in [0.25, 0.3) is 0 Å². The van der Waals surface area contributed by atoms with Gasteiger partial charge in [-0.05, 0) is 12.1 Å². The molecule has 1 rings (SSSR count). The highest BCUT2D eigenvalue weighted by molar-refractivity contribution is 5.86. The number of nitrogens with zero attached hydrogens (tertiary/aromatic N) is 2. The molecule has 0 unspecified atom stereocenters. The summed E-state index contributed by atoms with van der Waals surface area (Å²) in [6, 6.07) is 8.37. The quantitative estimate of drug-likeness (QED) is 0.690. The van der Waals surface area contributed by atoms with Crippen LogP contribution in [0.5, 0.6) is 5.75 Å². The Morgan fingerprint density at radius 3 is 2.61 bits per heavy atom. The molecule has 0 heterocycles. The zero-order chi connectivity index (χ0) is 17.2. The van der Waals surface area contributed by atoms with Gasteiger partial charge in [-0.3, -0.25) is 9.59 Å². The van der Waals surface area contributed by atoms with Crippen molar-refractivity contribution in [3.8, 4) is 11.8 Å². The zero-order valence-corrected chi connectivity index (χ0v) is 12.9. The Hall–Kier alpha value is -3.08. The zero-order valence-electron chi connectivity index (χ0n) is 12.9. The molecule has 1 aromatic carbocycles. The summed E-state index contributed by atoms with van der Waals surface area (Å²) in [7, 11) is 2.88. The molecule has 0 aliphatic carbocycles. The van der Waals surface area contributed by atoms with Gasteiger partial charge >= 0.3 is 5.97 Å². The first kappa shape index (κ1) is 18.0. The molecule has 2 amide bonds. The van der Waals surface area contributed by atoms with E-state index in [1.807, 2.05) is 6.07 Å². The van der Waals surface area contributed by atoms with E-state index < -0.39 is 25.1 Å². The van der Waals surface area contributed by atoms with Crippen LogP contribution in [-0.4, -0.2) is 56.5 Å². The summed E-state index contributed by atoms with van der Waals surface area (Å²) in [5.41, 5.74) is 0.293. The topological polar surface area (TPSA) is 109 Å². The predicted octanol–water partition coefficient (Wildman–Crippen LogP) is -0.315. The lowest BCUT2D eigenvalue weighted by atomic mass is 10.2. The Kier molecular flexibility index (Phi) is 7.07. The number of amides is 2. The number of ether oxygens (including phenoxy) is 2. The van der Waals surface area contributed by atoms with E-state index in [-0.39, 0.29) is 18.2 Å². The van der Waals surface area contributed by atoms with E-state index in [0.717, 1.165) is 4.90 Å². The van der Waals surface area contributed by atoms with Gasteiger partial charge in [0.15, 0.2) is 13.2 Å². The molecule has 0 saturated carbocycles. The van der Waals surface area contributed by atoms with Gasteiger partial charge in [0.05, 0.1) is 12.1 Å². The molecule has 0 spiro atoms. The monoisotopic (exact) mass is 319 g/mol. The largest absolute Gasteiger partial charge is 0.481 e. The van der Waals surface area contributed by atoms with Crippen molar-refractivity contribution in [3.05, 3.63) is 29.8 Å². The minimum atomic E-state index is -0.751. The molecule has 8 heteroatoms. The molecule has 0 saturated heterocycles. The maximum atomic E-state index is 11.7. The summed E-state index contributed by atoms with van der Waals surface area (Å²) in [6.07, 6.45) is 0. The van der Waals surface area contributed by atoms with Crippen LogP contribution < -0.4 is 10.1 Å². The summed E-state index contributed by atoms with van der Waals surface area (Å²) in [6.45, 7) is -1.04. The summed E-state index contributed by atoms with van der Waals surface area (Å²) in [4.78, 5) is 35.5. The molecule has 0 atom stereocenters. The molecular weight excluding hydrogens is 302 g/mol. The van der Waals surface area contributed by atoms with Crippen LogP contribution in [0.15, 0.2) is 24.3 Å². The van der Waals surface area contributed by atoms with Crippen LogP contribution >= 0.6 is 0 Å². The Balaban J connectivity index is 2.38. The Morgan fingerprint density at radius 1 is 1.26 bits per heavy atom. The lowest BCUT2D eigenvalue weighted by Gasteiger charge is -2.16. The van der Waals surface area contributed by atoms with Crippen LogP contribution in [0.3, 0.4) is 0 Å². The van der Waals surface area contributed by atoms with Crippen molar-refractivity contribution in [2.75, 3.05) is 33.9 Å². The number of carbonyl (C=O) groups excluding carboxylic acids is 3. The van der Waals surface area contributed by atoms with Gasteiger partial charge < -0.3 is 19.7 Å². The van der Waals surface area contributed by atoms with E-state index in [1.165, 1.54) is 14.1 Å². The molecular formula is C15H17N3O5. The third-order valence-electron chi connectivity index (χ3n) is 2.80. The van der Waals surface area contributed by atoms with Crippen LogP contribution in [0.2, 0.25) is 0 Å². The van der Waals surface area contributed by atoms with Crippen molar-refractivity contribution in [1.82, 2.24) is 10.2 Å². The van der Waals surface area contributed by atoms with Gasteiger partial charge in [0.2, 0.25) is 5.91 Å². The standard InChI is InChI=1S/C15H17N3O5/c1-17-13(19)8-18(2)14(20)9-23-15(21)10-22-12-6-4-3-5-11(12)7-16/h3-6H,8-10H2,1-2H3,(H,17,19). The van der Waals surface area contributed by atoms with E-state index in [2.05, 4.69) is 5.32 Å². The van der Waals surface area contributed by atoms with Crippen LogP contribution in [0.4, 0.5) is 0 Å². The lowest BCUT2D eigenvalue weighted by Crippen LogP contribution is -2.39. The Bertz CT molecular complexity index is 624. The first-order valence-corrected chi connectivity index (χ1v) is 6.70. The average molecular weight is 319 g/mol. The highest BCUT2D eigenvalue weighted by atomic mass is 16.6. The molecule has 0 bridgehead atoms. The molecule has 0 fully saturated rings. The fourth-order valence-corrected chi connectivity index (χ4v) is 1.50. The first-order chi connectivity index (χ1) is 11.0. The maximum Gasteiger partial charge on any atom is 0.344 e. The molecule has 23 heavy (non-hydrogen) atoms. The summed E-state index contributed by atoms with van der Waals surface area (Å²) < 4.78 is 9.94. The number of hydrogen-bond donors (Lipinski definition) is 1. The number of para-hydroxylation sites is 1. The van der Waals surface area contributed by atoms with Crippen LogP contribution in [-0.2, 0) is 19.1 Å². The van der Waals surface area contributed by atoms with E-state index in [1.54, 1.807) is 24.3 Å². The number of benzene rings is 1. The maximum absolute atomic E-state index is 11.7. The highest BCUT2D eigenvalue weighted by Crippen LogP contribution is 2.16. The SMILES string of the molecule is CNC(=O)CN(C)C(=O)COC(=O)COc1ccccc1C#N. The van der Waals surface area contributed by atoms with Crippen molar-refractivity contribution < 1.29 is 23.9 Å². The van der Waals surface area contributed by atoms with Crippen LogP contribution in [0.1, 0.15) is 5.56 Å². The second-order valence-corrected chi connectivity index (χ2v) is 4.48. The third-order valence-corrected chi connectivity index (χ3v) is 2.80. The molecule has 1 N–H and O–H groups in total. The van der Waals surface area contributed by atoms with E-state index in [9.17, 15) is 14.4 Å². The van der Waals surface area contributed by atoms with Crippen molar-refractivity contribution in [2.45, 2.75) is 0 Å². The summed E-state index contributed by atoms with van der Waals surface area (Å²) in [5.74, 6) is -1.34. The number of rotatable bonds is 7. The highest BCUT2D eigenvalue weighted by Gasteiger charge is 2.15. The minimum Gasteiger partial charge on any atom is -0.481 e. The second-order valence-electron chi connectivity index (χ2n) is 4.48. The van der Waals surface area contributed by atoms with E-state index in [4.69, 9.17) is 14.7 Å². The number of hydrogen-bond acceptors (Lipinski definition) is 6. The normalized spacial score (nSPS) is 9.43. The van der Waals surface area contributed by atoms with E-state index in [0.29, 0.717) is 5.56 Å². The fourth-order valence-electron chi connectivity index (χ4n) is 1.50. The number of esters is 1. The molecule has 8 nitrogen and oxygen atoms in total. The van der Waals surface area contributed by atoms with Gasteiger partial charge in [-0.25, -0.2) is 4.79 Å². The van der Waals surface area contributed by atoms with Gasteiger partial charge in [-0.1, -0.05) is 12.1 Å². The Labute approximate surface area is 133 Å². The molecule has 0 aliphatic heterocycles. The average Bonchev–Trinajstić information content (AvgIpc) is 2.57. The van der Waals surface area contributed by atoms with E-state index >= 15 is 0 Å². The second kappa shape index (κ2) is 9.04. The van der Waals surface area contributed by atoms with Crippen molar-refractivity contribution in [1.29, 1.82) is 5.26 Å². The van der Waals surface area contributed by atoms with Gasteiger partial charge in [0, 0.05) is 14.1 Å². The van der Waals surface area contributed by atoms with Gasteiger partial charge in [0.1, 0.15) is 11.8 Å². The Morgan fingerprint density at radius 2 is 1.96 bits per heavy atom. The summed E-state index contributed by atoms with van der Waals surface area (Å²) in [5, 5.41) is 11.3. The van der Waals surface area contributed by atoms with Gasteiger partial charge in [0.25, 0.3) is 5.91 Å². The van der Waals surface area contributed by atoms with Crippen molar-refractivity contribution in [2.24, 2.45) is 0 Å². The fraction of sp³-hybridized carbons (Fsp3) is 0.333. The van der Waals surface area contributed by atoms with Gasteiger partial charge in [-0.15, -0.1) is 0 Å². The van der Waals surface area contributed by atoms with Crippen molar-refractivity contribution >= 4 is 17.8 Å². The molecule has 1 aromatic rings. The number of nitrogens with one attached hydrogen (secondary N) is 1. The lowest BCUT2D eigenvalue weighted by molar-refractivity contribution is -0.153. The summed E-state index contributed by atoms with van der Waals surface area (Å²) >= 11 is 0. The number of nitriles is 1. The smallest absolute Gasteiger partial charge is 0.344 e. The molecule has 0 aromatic heterocycles. The van der Waals surface area contributed by atoms with Crippen molar-refractivity contribution in [3.63, 3.8) is 0 Å². The van der Waals surface area contributed by atoms with Gasteiger partial charge in [-0.2, -0.15) is 5.26 Å². The number of likely N-dealkylation sites (N-methyl/N-ethyl adjacent to an activating group) is 2. The number of carbonyl (C=O) groups is 3. The van der Waals surface area contributed by atoms with Crippen LogP contribution in [0, 0.1) is 11.3 Å². The molecule has 0 radical (unpaired) electrons. The predicted molar refractivity (Wildman–Crippen MR) is 79.3 cm³/mol. The third kappa shape index (κ3) is 6.05.